The second-order valence-corrected chi connectivity index (χ2v) is 5.88. The normalized spacial score (nSPS) is 9.78. The van der Waals surface area contributed by atoms with Crippen molar-refractivity contribution >= 4 is 28.4 Å². The Kier molecular flexibility index (Phi) is 9.10. The molecule has 0 atom stereocenters. The van der Waals surface area contributed by atoms with Gasteiger partial charge in [0.2, 0.25) is 0 Å². The molecule has 2 aromatic carbocycles. The van der Waals surface area contributed by atoms with E-state index in [1.165, 1.54) is 5.56 Å². The molecule has 3 rings (SSSR count). The molecule has 0 fully saturated rings. The van der Waals surface area contributed by atoms with Crippen LogP contribution in [0, 0.1) is 6.92 Å². The Morgan fingerprint density at radius 1 is 1.04 bits per heavy atom. The van der Waals surface area contributed by atoms with E-state index in [1.807, 2.05) is 52.8 Å². The van der Waals surface area contributed by atoms with Crippen LogP contribution in [0.15, 0.2) is 42.5 Å². The molecule has 0 aliphatic heterocycles. The number of hydrogen-bond donors (Lipinski definition) is 0. The Morgan fingerprint density at radius 2 is 1.63 bits per heavy atom. The number of hydrogen-bond acceptors (Lipinski definition) is 2. The van der Waals surface area contributed by atoms with E-state index in [4.69, 9.17) is 16.3 Å². The number of fused-ring (bicyclic) bond motifs is 1. The lowest BCUT2D eigenvalue weighted by Gasteiger charge is -2.08. The summed E-state index contributed by atoms with van der Waals surface area (Å²) in [6.45, 7) is 12.1. The standard InChI is InChI=1S/C19H18ClNO2.2C2H6/c1-4-16-12(2)21(18-10-9-15(23-3)11-17(16)18)19(22)13-5-7-14(20)8-6-13;2*1-2/h5-11H,4H2,1-3H3;2*1-2H3. The highest BCUT2D eigenvalue weighted by molar-refractivity contribution is 6.30. The SMILES string of the molecule is CC.CC.CCc1c(C)n(C(=O)c2ccc(Cl)cc2)c2ccc(OC)cc12. The molecule has 1 heterocycles. The maximum Gasteiger partial charge on any atom is 0.262 e. The Balaban J connectivity index is 0.000000855. The Labute approximate surface area is 167 Å². The first-order valence-corrected chi connectivity index (χ1v) is 9.92. The van der Waals surface area contributed by atoms with Crippen LogP contribution in [0.25, 0.3) is 10.9 Å². The van der Waals surface area contributed by atoms with E-state index in [0.29, 0.717) is 10.6 Å². The predicted octanol–water partition coefficient (Wildman–Crippen LogP) is 6.92. The summed E-state index contributed by atoms with van der Waals surface area (Å²) in [5.74, 6) is 0.748. The zero-order chi connectivity index (χ0) is 20.6. The molecule has 4 heteroatoms. The third-order valence-corrected chi connectivity index (χ3v) is 4.44. The molecule has 0 amide bonds. The predicted molar refractivity (Wildman–Crippen MR) is 116 cm³/mol. The van der Waals surface area contributed by atoms with Gasteiger partial charge in [0.15, 0.2) is 0 Å². The molecule has 0 aliphatic carbocycles. The first-order chi connectivity index (χ1) is 13.1. The second kappa shape index (κ2) is 10.8. The Bertz CT molecular complexity index is 880. The van der Waals surface area contributed by atoms with Crippen LogP contribution in [-0.2, 0) is 6.42 Å². The van der Waals surface area contributed by atoms with Crippen molar-refractivity contribution in [3.8, 4) is 5.75 Å². The van der Waals surface area contributed by atoms with Crippen molar-refractivity contribution in [2.24, 2.45) is 0 Å². The fourth-order valence-electron chi connectivity index (χ4n) is 3.02. The van der Waals surface area contributed by atoms with Gasteiger partial charge < -0.3 is 4.74 Å². The number of aromatic nitrogens is 1. The lowest BCUT2D eigenvalue weighted by molar-refractivity contribution is 0.0963. The van der Waals surface area contributed by atoms with Gasteiger partial charge in [-0.2, -0.15) is 0 Å². The first kappa shape index (κ1) is 22.8. The summed E-state index contributed by atoms with van der Waals surface area (Å²) in [5.41, 5.74) is 3.66. The number of carbonyl (C=O) groups excluding carboxylic acids is 1. The summed E-state index contributed by atoms with van der Waals surface area (Å²) < 4.78 is 7.10. The Hall–Kier alpha value is -2.26. The molecule has 27 heavy (non-hydrogen) atoms. The minimum atomic E-state index is -0.0472. The number of carbonyl (C=O) groups is 1. The van der Waals surface area contributed by atoms with Crippen LogP contribution in [0.2, 0.25) is 5.02 Å². The largest absolute Gasteiger partial charge is 0.497 e. The number of benzene rings is 2. The topological polar surface area (TPSA) is 31.2 Å². The van der Waals surface area contributed by atoms with Gasteiger partial charge in [-0.05, 0) is 61.4 Å². The smallest absolute Gasteiger partial charge is 0.262 e. The van der Waals surface area contributed by atoms with Crippen LogP contribution in [0.3, 0.4) is 0 Å². The van der Waals surface area contributed by atoms with Crippen molar-refractivity contribution < 1.29 is 9.53 Å². The fraction of sp³-hybridized carbons (Fsp3) is 0.348. The molecule has 0 saturated heterocycles. The van der Waals surface area contributed by atoms with E-state index in [2.05, 4.69) is 6.92 Å². The van der Waals surface area contributed by atoms with E-state index in [-0.39, 0.29) is 5.91 Å². The van der Waals surface area contributed by atoms with Crippen molar-refractivity contribution in [1.82, 2.24) is 4.57 Å². The summed E-state index contributed by atoms with van der Waals surface area (Å²) in [5, 5.41) is 1.68. The average molecular weight is 388 g/mol. The summed E-state index contributed by atoms with van der Waals surface area (Å²) in [6, 6.07) is 12.8. The number of ether oxygens (including phenoxy) is 1. The van der Waals surface area contributed by atoms with Gasteiger partial charge in [0.05, 0.1) is 12.6 Å². The highest BCUT2D eigenvalue weighted by Crippen LogP contribution is 2.30. The summed E-state index contributed by atoms with van der Waals surface area (Å²) >= 11 is 5.92. The number of halogens is 1. The summed E-state index contributed by atoms with van der Waals surface area (Å²) in [4.78, 5) is 13.0. The molecule has 0 spiro atoms. The molecule has 0 bridgehead atoms. The van der Waals surface area contributed by atoms with Crippen molar-refractivity contribution in [1.29, 1.82) is 0 Å². The first-order valence-electron chi connectivity index (χ1n) is 9.55. The number of nitrogens with zero attached hydrogens (tertiary/aromatic N) is 1. The van der Waals surface area contributed by atoms with Gasteiger partial charge in [0, 0.05) is 21.7 Å². The van der Waals surface area contributed by atoms with Crippen LogP contribution in [0.4, 0.5) is 0 Å². The minimum Gasteiger partial charge on any atom is -0.497 e. The van der Waals surface area contributed by atoms with Gasteiger partial charge in [-0.25, -0.2) is 0 Å². The van der Waals surface area contributed by atoms with Crippen LogP contribution in [0.1, 0.15) is 56.2 Å². The Morgan fingerprint density at radius 3 is 2.15 bits per heavy atom. The maximum absolute atomic E-state index is 13.0. The quantitative estimate of drug-likeness (QED) is 0.488. The van der Waals surface area contributed by atoms with Crippen molar-refractivity contribution in [2.45, 2.75) is 48.0 Å². The van der Waals surface area contributed by atoms with Gasteiger partial charge in [0.25, 0.3) is 5.91 Å². The number of methoxy groups -OCH3 is 1. The highest BCUT2D eigenvalue weighted by Gasteiger charge is 2.19. The maximum atomic E-state index is 13.0. The van der Waals surface area contributed by atoms with Gasteiger partial charge >= 0.3 is 0 Å². The highest BCUT2D eigenvalue weighted by atomic mass is 35.5. The third kappa shape index (κ3) is 4.72. The molecule has 3 aromatic rings. The zero-order valence-corrected chi connectivity index (χ0v) is 18.1. The monoisotopic (exact) mass is 387 g/mol. The van der Waals surface area contributed by atoms with Crippen LogP contribution in [-0.4, -0.2) is 17.6 Å². The number of aryl methyl sites for hydroxylation is 1. The molecule has 0 radical (unpaired) electrons. The van der Waals surface area contributed by atoms with E-state index in [0.717, 1.165) is 28.8 Å². The molecule has 3 nitrogen and oxygen atoms in total. The molecular weight excluding hydrogens is 358 g/mol. The van der Waals surface area contributed by atoms with Crippen LogP contribution in [0.5, 0.6) is 5.75 Å². The van der Waals surface area contributed by atoms with Crippen LogP contribution < -0.4 is 4.74 Å². The summed E-state index contributed by atoms with van der Waals surface area (Å²) in [6.07, 6.45) is 0.858. The van der Waals surface area contributed by atoms with Crippen LogP contribution >= 0.6 is 11.6 Å². The average Bonchev–Trinajstić information content (AvgIpc) is 3.01. The van der Waals surface area contributed by atoms with Crippen molar-refractivity contribution in [2.75, 3.05) is 7.11 Å². The van der Waals surface area contributed by atoms with Crippen molar-refractivity contribution in [3.05, 3.63) is 64.3 Å². The molecule has 0 saturated carbocycles. The van der Waals surface area contributed by atoms with E-state index >= 15 is 0 Å². The summed E-state index contributed by atoms with van der Waals surface area (Å²) in [7, 11) is 1.65. The molecule has 0 N–H and O–H groups in total. The zero-order valence-electron chi connectivity index (χ0n) is 17.4. The molecular formula is C23H30ClNO2. The number of rotatable bonds is 3. The minimum absolute atomic E-state index is 0.0472. The van der Waals surface area contributed by atoms with E-state index in [9.17, 15) is 4.79 Å². The van der Waals surface area contributed by atoms with E-state index < -0.39 is 0 Å². The lowest BCUT2D eigenvalue weighted by Crippen LogP contribution is -2.13. The lowest BCUT2D eigenvalue weighted by atomic mass is 10.1. The van der Waals surface area contributed by atoms with Gasteiger partial charge in [-0.15, -0.1) is 0 Å². The fourth-order valence-corrected chi connectivity index (χ4v) is 3.14. The molecule has 0 unspecified atom stereocenters. The van der Waals surface area contributed by atoms with Crippen molar-refractivity contribution in [3.63, 3.8) is 0 Å². The van der Waals surface area contributed by atoms with Gasteiger partial charge in [-0.3, -0.25) is 9.36 Å². The van der Waals surface area contributed by atoms with Gasteiger partial charge in [-0.1, -0.05) is 46.2 Å². The second-order valence-electron chi connectivity index (χ2n) is 5.45. The molecule has 0 aliphatic rings. The molecule has 1 aromatic heterocycles. The molecule has 146 valence electrons. The van der Waals surface area contributed by atoms with E-state index in [1.54, 1.807) is 35.9 Å². The van der Waals surface area contributed by atoms with Gasteiger partial charge in [0.1, 0.15) is 5.75 Å². The third-order valence-electron chi connectivity index (χ3n) is 4.19.